The summed E-state index contributed by atoms with van der Waals surface area (Å²) in [6.07, 6.45) is -2.73. The van der Waals surface area contributed by atoms with Crippen molar-refractivity contribution in [1.82, 2.24) is 0 Å². The van der Waals surface area contributed by atoms with Crippen LogP contribution in [0.1, 0.15) is 67.7 Å². The highest BCUT2D eigenvalue weighted by molar-refractivity contribution is 6.01. The number of allylic oxidation sites excluding steroid dienone is 1. The maximum atomic E-state index is 14.2. The first-order valence-corrected chi connectivity index (χ1v) is 11.8. The summed E-state index contributed by atoms with van der Waals surface area (Å²) < 4.78 is 16.7. The number of esters is 3. The standard InChI is InChI=1S/C26H34O9/c1-12-18(30)9-17-20(33-13(2)27)8-16-11-26(7,21(10-19(16)31)34-14(3)28)24(32)23(35-15(4)29)22(12)25(17,5)6/h8,17,19-21,23,31H,9-11H2,1-7H3. The normalized spacial score (nSPS) is 34.5. The van der Waals surface area contributed by atoms with Crippen LogP contribution < -0.4 is 0 Å². The minimum Gasteiger partial charge on any atom is -0.461 e. The lowest BCUT2D eigenvalue weighted by atomic mass is 9.57. The van der Waals surface area contributed by atoms with Gasteiger partial charge < -0.3 is 19.3 Å². The lowest BCUT2D eigenvalue weighted by Crippen LogP contribution is -2.56. The van der Waals surface area contributed by atoms with E-state index in [1.54, 1.807) is 19.9 Å². The second kappa shape index (κ2) is 9.33. The lowest BCUT2D eigenvalue weighted by Gasteiger charge is -2.50. The van der Waals surface area contributed by atoms with Crippen LogP contribution in [-0.2, 0) is 38.2 Å². The number of ketones is 2. The smallest absolute Gasteiger partial charge is 0.303 e. The SMILES string of the molecule is CC(=O)OC1C(=O)C2(C)CC(=CC(OC(C)=O)C3CC(=O)C(C)=C1C3(C)C)C(O)CC2OC(C)=O. The molecule has 35 heavy (non-hydrogen) atoms. The van der Waals surface area contributed by atoms with Gasteiger partial charge in [-0.25, -0.2) is 0 Å². The molecular weight excluding hydrogens is 456 g/mol. The van der Waals surface area contributed by atoms with E-state index in [0.717, 1.165) is 0 Å². The second-order valence-electron chi connectivity index (χ2n) is 10.6. The number of fused-ring (bicyclic) bond motifs is 4. The van der Waals surface area contributed by atoms with Gasteiger partial charge in [0.15, 0.2) is 17.7 Å². The molecule has 3 aliphatic rings. The molecule has 0 saturated heterocycles. The zero-order chi connectivity index (χ0) is 26.5. The Hall–Kier alpha value is -2.81. The number of Topliss-reactive ketones (excluding diaryl/α,β-unsaturated/α-hetero) is 2. The minimum atomic E-state index is -1.41. The van der Waals surface area contributed by atoms with Crippen LogP contribution in [0.4, 0.5) is 0 Å². The summed E-state index contributed by atoms with van der Waals surface area (Å²) in [7, 11) is 0. The summed E-state index contributed by atoms with van der Waals surface area (Å²) in [6.45, 7) is 10.5. The van der Waals surface area contributed by atoms with Gasteiger partial charge in [-0.05, 0) is 48.5 Å². The molecule has 0 aromatic carbocycles. The highest BCUT2D eigenvalue weighted by Gasteiger charge is 2.57. The van der Waals surface area contributed by atoms with Crippen LogP contribution in [0, 0.1) is 16.7 Å². The first-order chi connectivity index (χ1) is 16.1. The third-order valence-corrected chi connectivity index (χ3v) is 7.73. The van der Waals surface area contributed by atoms with E-state index in [9.17, 15) is 29.1 Å². The zero-order valence-electron chi connectivity index (χ0n) is 21.3. The Bertz CT molecular complexity index is 1030. The predicted molar refractivity (Wildman–Crippen MR) is 123 cm³/mol. The quantitative estimate of drug-likeness (QED) is 0.359. The average molecular weight is 491 g/mol. The zero-order valence-corrected chi connectivity index (χ0v) is 21.3. The largest absolute Gasteiger partial charge is 0.461 e. The molecule has 0 aromatic rings. The van der Waals surface area contributed by atoms with Crippen LogP contribution in [0.5, 0.6) is 0 Å². The Morgan fingerprint density at radius 1 is 0.971 bits per heavy atom. The molecule has 0 radical (unpaired) electrons. The van der Waals surface area contributed by atoms with Gasteiger partial charge in [0.25, 0.3) is 0 Å². The van der Waals surface area contributed by atoms with E-state index in [2.05, 4.69) is 0 Å². The second-order valence-corrected chi connectivity index (χ2v) is 10.6. The van der Waals surface area contributed by atoms with Crippen molar-refractivity contribution in [1.29, 1.82) is 0 Å². The van der Waals surface area contributed by atoms with Crippen LogP contribution in [0.25, 0.3) is 0 Å². The topological polar surface area (TPSA) is 133 Å². The van der Waals surface area contributed by atoms with E-state index >= 15 is 0 Å². The Balaban J connectivity index is 2.35. The summed E-state index contributed by atoms with van der Waals surface area (Å²) in [6, 6.07) is 0. The number of ether oxygens (including phenoxy) is 3. The molecule has 192 valence electrons. The minimum absolute atomic E-state index is 0.00605. The van der Waals surface area contributed by atoms with Gasteiger partial charge in [0.2, 0.25) is 0 Å². The molecule has 1 saturated carbocycles. The fraction of sp³-hybridized carbons (Fsp3) is 0.654. The molecule has 0 aliphatic heterocycles. The third kappa shape index (κ3) is 4.83. The number of hydrogen-bond acceptors (Lipinski definition) is 9. The van der Waals surface area contributed by atoms with Crippen molar-refractivity contribution in [3.05, 3.63) is 22.8 Å². The highest BCUT2D eigenvalue weighted by atomic mass is 16.6. The number of aliphatic hydroxyl groups is 1. The van der Waals surface area contributed by atoms with Crippen molar-refractivity contribution >= 4 is 29.5 Å². The number of rotatable bonds is 3. The highest BCUT2D eigenvalue weighted by Crippen LogP contribution is 2.52. The van der Waals surface area contributed by atoms with Crippen molar-refractivity contribution in [2.45, 2.75) is 92.1 Å². The van der Waals surface area contributed by atoms with Crippen LogP contribution >= 0.6 is 0 Å². The van der Waals surface area contributed by atoms with Gasteiger partial charge in [-0.2, -0.15) is 0 Å². The summed E-state index contributed by atoms with van der Waals surface area (Å²) in [5, 5.41) is 10.9. The lowest BCUT2D eigenvalue weighted by molar-refractivity contribution is -0.171. The number of hydrogen-bond donors (Lipinski definition) is 1. The predicted octanol–water partition coefficient (Wildman–Crippen LogP) is 2.38. The summed E-state index contributed by atoms with van der Waals surface area (Å²) in [5.74, 6) is -3.22. The first-order valence-electron chi connectivity index (χ1n) is 11.8. The number of carbonyl (C=O) groups is 5. The van der Waals surface area contributed by atoms with E-state index in [1.807, 2.05) is 13.8 Å². The van der Waals surface area contributed by atoms with Crippen LogP contribution in [0.3, 0.4) is 0 Å². The van der Waals surface area contributed by atoms with E-state index in [4.69, 9.17) is 14.2 Å². The van der Waals surface area contributed by atoms with E-state index in [1.165, 1.54) is 20.8 Å². The Kier molecular flexibility index (Phi) is 7.14. The van der Waals surface area contributed by atoms with E-state index in [-0.39, 0.29) is 25.0 Å². The molecule has 1 fully saturated rings. The van der Waals surface area contributed by atoms with Gasteiger partial charge in [0.05, 0.1) is 11.5 Å². The Morgan fingerprint density at radius 3 is 2.09 bits per heavy atom. The van der Waals surface area contributed by atoms with Gasteiger partial charge in [0.1, 0.15) is 12.2 Å². The van der Waals surface area contributed by atoms with E-state index < -0.39 is 64.9 Å². The van der Waals surface area contributed by atoms with Gasteiger partial charge in [-0.3, -0.25) is 24.0 Å². The molecule has 0 aromatic heterocycles. The molecule has 6 unspecified atom stereocenters. The summed E-state index contributed by atoms with van der Waals surface area (Å²) >= 11 is 0. The van der Waals surface area contributed by atoms with Gasteiger partial charge in [0, 0.05) is 39.5 Å². The number of aliphatic hydroxyl groups excluding tert-OH is 1. The third-order valence-electron chi connectivity index (χ3n) is 7.73. The number of carbonyl (C=O) groups excluding carboxylic acids is 5. The molecule has 6 atom stereocenters. The van der Waals surface area contributed by atoms with Crippen molar-refractivity contribution < 1.29 is 43.3 Å². The van der Waals surface area contributed by atoms with Crippen molar-refractivity contribution in [3.8, 4) is 0 Å². The van der Waals surface area contributed by atoms with Gasteiger partial charge in [-0.1, -0.05) is 13.8 Å². The average Bonchev–Trinajstić information content (AvgIpc) is 2.71. The molecule has 9 nitrogen and oxygen atoms in total. The molecule has 0 spiro atoms. The van der Waals surface area contributed by atoms with Gasteiger partial charge >= 0.3 is 17.9 Å². The Morgan fingerprint density at radius 2 is 1.54 bits per heavy atom. The van der Waals surface area contributed by atoms with E-state index in [0.29, 0.717) is 16.7 Å². The van der Waals surface area contributed by atoms with Crippen LogP contribution in [0.2, 0.25) is 0 Å². The molecule has 4 bridgehead atoms. The van der Waals surface area contributed by atoms with Crippen molar-refractivity contribution in [3.63, 3.8) is 0 Å². The van der Waals surface area contributed by atoms with Crippen LogP contribution in [-0.4, -0.2) is 59.0 Å². The molecule has 0 heterocycles. The Labute approximate surface area is 204 Å². The summed E-state index contributed by atoms with van der Waals surface area (Å²) in [4.78, 5) is 63.5. The fourth-order valence-electron chi connectivity index (χ4n) is 5.91. The molecule has 3 rings (SSSR count). The first kappa shape index (κ1) is 26.8. The van der Waals surface area contributed by atoms with Crippen molar-refractivity contribution in [2.24, 2.45) is 16.7 Å². The molecule has 3 aliphatic carbocycles. The molecular formula is C26H34O9. The van der Waals surface area contributed by atoms with Gasteiger partial charge in [-0.15, -0.1) is 0 Å². The summed E-state index contributed by atoms with van der Waals surface area (Å²) in [5.41, 5.74) is -1.18. The maximum absolute atomic E-state index is 14.2. The molecule has 1 N–H and O–H groups in total. The van der Waals surface area contributed by atoms with Crippen LogP contribution in [0.15, 0.2) is 22.8 Å². The molecule has 9 heteroatoms. The monoisotopic (exact) mass is 490 g/mol. The fourth-order valence-corrected chi connectivity index (χ4v) is 5.91. The van der Waals surface area contributed by atoms with Crippen molar-refractivity contribution in [2.75, 3.05) is 0 Å². The maximum Gasteiger partial charge on any atom is 0.303 e. The molecule has 0 amide bonds.